The van der Waals surface area contributed by atoms with Crippen molar-refractivity contribution >= 4 is 46.1 Å². The Morgan fingerprint density at radius 1 is 0.935 bits per heavy atom. The lowest BCUT2D eigenvalue weighted by atomic mass is 9.89. The Kier molecular flexibility index (Phi) is 11.1. The monoisotopic (exact) mass is 654 g/mol. The number of aliphatic hydroxyl groups excluding tert-OH is 2. The van der Waals surface area contributed by atoms with Gasteiger partial charge in [0.05, 0.1) is 18.3 Å². The topological polar surface area (TPSA) is 87.0 Å². The molecule has 3 aromatic carbocycles. The van der Waals surface area contributed by atoms with Gasteiger partial charge in [-0.15, -0.1) is 11.3 Å². The number of aliphatic hydroxyl groups is 2. The van der Waals surface area contributed by atoms with Crippen molar-refractivity contribution in [2.24, 2.45) is 11.8 Å². The molecule has 1 aromatic heterocycles. The van der Waals surface area contributed by atoms with Crippen molar-refractivity contribution in [3.05, 3.63) is 120 Å². The summed E-state index contributed by atoms with van der Waals surface area (Å²) in [4.78, 5) is 12.0. The van der Waals surface area contributed by atoms with Crippen LogP contribution >= 0.6 is 11.3 Å². The molecule has 4 aromatic rings. The molecule has 5 rings (SSSR count). The zero-order chi connectivity index (χ0) is 32.7. The van der Waals surface area contributed by atoms with Crippen molar-refractivity contribution in [2.75, 3.05) is 0 Å². The fourth-order valence-corrected chi connectivity index (χ4v) is 12.7. The Labute approximate surface area is 278 Å². The van der Waals surface area contributed by atoms with Crippen molar-refractivity contribution in [3.63, 3.8) is 0 Å². The minimum absolute atomic E-state index is 0.141. The molecule has 0 saturated heterocycles. The smallest absolute Gasteiger partial charge is 0.303 e. The minimum Gasteiger partial charge on any atom is -0.481 e. The molecule has 1 aliphatic carbocycles. The summed E-state index contributed by atoms with van der Waals surface area (Å²) in [6.07, 6.45) is 8.92. The van der Waals surface area contributed by atoms with E-state index in [2.05, 4.69) is 112 Å². The lowest BCUT2D eigenvalue weighted by Crippen LogP contribution is -2.66. The first-order valence-corrected chi connectivity index (χ1v) is 19.0. The van der Waals surface area contributed by atoms with Crippen LogP contribution in [0.5, 0.6) is 0 Å². The van der Waals surface area contributed by atoms with Gasteiger partial charge in [-0.1, -0.05) is 124 Å². The maximum absolute atomic E-state index is 11.1. The average Bonchev–Trinajstić information content (AvgIpc) is 3.58. The Bertz CT molecular complexity index is 1550. The van der Waals surface area contributed by atoms with E-state index < -0.39 is 26.5 Å². The molecule has 1 aliphatic rings. The van der Waals surface area contributed by atoms with Crippen LogP contribution in [0.15, 0.2) is 115 Å². The van der Waals surface area contributed by atoms with Crippen molar-refractivity contribution in [2.45, 2.75) is 76.2 Å². The summed E-state index contributed by atoms with van der Waals surface area (Å²) < 4.78 is 8.85. The summed E-state index contributed by atoms with van der Waals surface area (Å²) >= 11 is 1.74. The van der Waals surface area contributed by atoms with Crippen molar-refractivity contribution in [3.8, 4) is 0 Å². The van der Waals surface area contributed by atoms with E-state index in [1.54, 1.807) is 11.3 Å². The predicted molar refractivity (Wildman–Crippen MR) is 191 cm³/mol. The number of carbonyl (C=O) groups is 1. The molecule has 1 heterocycles. The van der Waals surface area contributed by atoms with E-state index in [0.29, 0.717) is 25.7 Å². The molecule has 5 atom stereocenters. The lowest BCUT2D eigenvalue weighted by Gasteiger charge is -2.44. The predicted octanol–water partition coefficient (Wildman–Crippen LogP) is 7.63. The van der Waals surface area contributed by atoms with Crippen LogP contribution in [0.2, 0.25) is 5.04 Å². The van der Waals surface area contributed by atoms with Crippen LogP contribution in [0.4, 0.5) is 0 Å². The third kappa shape index (κ3) is 7.62. The van der Waals surface area contributed by atoms with Gasteiger partial charge in [-0.25, -0.2) is 0 Å². The third-order valence-corrected chi connectivity index (χ3v) is 15.4. The molecule has 46 heavy (non-hydrogen) atoms. The zero-order valence-corrected chi connectivity index (χ0v) is 28.8. The van der Waals surface area contributed by atoms with Gasteiger partial charge in [0.25, 0.3) is 8.32 Å². The molecule has 5 nitrogen and oxygen atoms in total. The molecule has 7 heteroatoms. The molecule has 1 fully saturated rings. The summed E-state index contributed by atoms with van der Waals surface area (Å²) in [5, 5.41) is 34.3. The number of benzene rings is 3. The van der Waals surface area contributed by atoms with Gasteiger partial charge in [-0.3, -0.25) is 4.79 Å². The standard InChI is InChI=1S/C39H46O5SSi/c1-39(2,3)46(29-17-8-6-9-18-29,30-19-10-7-11-20-30)44-35(37-26-28-16-14-15-22-36(28)45-37)25-24-32-31(33(40)27-34(32)41)21-12-4-5-13-23-38(42)43/h4,6-12,14-20,22,24-26,31-35,40-41H,5,13,21,23,27H2,1-3H3,(H,42,43)/t31-,32-,33+,34-,35?/m1/s1. The maximum atomic E-state index is 11.1. The Balaban J connectivity index is 1.54. The first kappa shape index (κ1) is 34.0. The minimum atomic E-state index is -2.92. The van der Waals surface area contributed by atoms with Crippen molar-refractivity contribution in [1.29, 1.82) is 0 Å². The SMILES string of the molecule is CC(C)(C)[Si](OC(C=C[C@@H]1[C@@H](CC=CCCCC(=O)O)[C@@H](O)C[C@H]1O)c1cc2ccccc2s1)(c1ccccc1)c1ccccc1. The highest BCUT2D eigenvalue weighted by Crippen LogP contribution is 2.43. The van der Waals surface area contributed by atoms with Gasteiger partial charge < -0.3 is 19.7 Å². The van der Waals surface area contributed by atoms with Crippen LogP contribution in [0, 0.1) is 11.8 Å². The second kappa shape index (κ2) is 15.0. The molecule has 0 radical (unpaired) electrons. The highest BCUT2D eigenvalue weighted by atomic mass is 32.1. The van der Waals surface area contributed by atoms with E-state index in [4.69, 9.17) is 9.53 Å². The molecule has 0 bridgehead atoms. The molecule has 3 N–H and O–H groups in total. The highest BCUT2D eigenvalue weighted by Gasteiger charge is 2.51. The number of hydrogen-bond acceptors (Lipinski definition) is 5. The van der Waals surface area contributed by atoms with Gasteiger partial charge in [-0.2, -0.15) is 0 Å². The number of aliphatic carboxylic acids is 1. The molecule has 0 aliphatic heterocycles. The number of hydrogen-bond donors (Lipinski definition) is 3. The molecule has 0 spiro atoms. The quantitative estimate of drug-likeness (QED) is 0.0784. The van der Waals surface area contributed by atoms with E-state index in [1.165, 1.54) is 20.5 Å². The summed E-state index contributed by atoms with van der Waals surface area (Å²) in [6, 6.07) is 31.9. The van der Waals surface area contributed by atoms with E-state index in [-0.39, 0.29) is 29.4 Å². The van der Waals surface area contributed by atoms with Gasteiger partial charge in [0.2, 0.25) is 0 Å². The van der Waals surface area contributed by atoms with E-state index in [1.807, 2.05) is 24.3 Å². The van der Waals surface area contributed by atoms with Crippen LogP contribution in [0.25, 0.3) is 10.1 Å². The molecule has 1 unspecified atom stereocenters. The summed E-state index contributed by atoms with van der Waals surface area (Å²) in [7, 11) is -2.92. The van der Waals surface area contributed by atoms with Crippen LogP contribution in [0.3, 0.4) is 0 Å². The molecule has 242 valence electrons. The van der Waals surface area contributed by atoms with E-state index in [9.17, 15) is 15.0 Å². The number of carboxylic acids is 1. The number of rotatable bonds is 13. The molecular formula is C39H46O5SSi. The highest BCUT2D eigenvalue weighted by molar-refractivity contribution is 7.19. The van der Waals surface area contributed by atoms with Crippen molar-refractivity contribution in [1.82, 2.24) is 0 Å². The molecule has 1 saturated carbocycles. The van der Waals surface area contributed by atoms with Gasteiger partial charge in [0.15, 0.2) is 0 Å². The Hall–Kier alpha value is -3.33. The van der Waals surface area contributed by atoms with Gasteiger partial charge in [0.1, 0.15) is 0 Å². The van der Waals surface area contributed by atoms with Gasteiger partial charge in [-0.05, 0) is 58.1 Å². The van der Waals surface area contributed by atoms with Gasteiger partial charge in [0, 0.05) is 28.3 Å². The lowest BCUT2D eigenvalue weighted by molar-refractivity contribution is -0.137. The maximum Gasteiger partial charge on any atom is 0.303 e. The first-order chi connectivity index (χ1) is 22.1. The van der Waals surface area contributed by atoms with E-state index >= 15 is 0 Å². The van der Waals surface area contributed by atoms with Crippen LogP contribution in [-0.2, 0) is 9.22 Å². The fraction of sp³-hybridized carbons (Fsp3) is 0.359. The summed E-state index contributed by atoms with van der Waals surface area (Å²) in [6.45, 7) is 6.84. The summed E-state index contributed by atoms with van der Waals surface area (Å²) in [5.41, 5.74) is 0. The van der Waals surface area contributed by atoms with Crippen molar-refractivity contribution < 1.29 is 24.5 Å². The summed E-state index contributed by atoms with van der Waals surface area (Å²) in [5.74, 6) is -1.17. The van der Waals surface area contributed by atoms with E-state index in [0.717, 1.165) is 4.88 Å². The normalized spacial score (nSPS) is 21.4. The molecule has 0 amide bonds. The number of unbranched alkanes of at least 4 members (excludes halogenated alkanes) is 1. The van der Waals surface area contributed by atoms with Crippen LogP contribution in [-0.4, -0.2) is 41.8 Å². The second-order valence-electron chi connectivity index (χ2n) is 13.4. The molecular weight excluding hydrogens is 609 g/mol. The zero-order valence-electron chi connectivity index (χ0n) is 27.0. The fourth-order valence-electron chi connectivity index (χ4n) is 6.89. The third-order valence-electron chi connectivity index (χ3n) is 9.21. The number of thiophene rings is 1. The number of allylic oxidation sites excluding steroid dienone is 2. The second-order valence-corrected chi connectivity index (χ2v) is 18.7. The first-order valence-electron chi connectivity index (χ1n) is 16.3. The number of fused-ring (bicyclic) bond motifs is 1. The van der Waals surface area contributed by atoms with Gasteiger partial charge >= 0.3 is 5.97 Å². The number of carboxylic acid groups (broad SMARTS) is 1. The Morgan fingerprint density at radius 2 is 1.57 bits per heavy atom. The van der Waals surface area contributed by atoms with Crippen LogP contribution < -0.4 is 10.4 Å². The largest absolute Gasteiger partial charge is 0.481 e. The average molecular weight is 655 g/mol. The Morgan fingerprint density at radius 3 is 2.17 bits per heavy atom. The van der Waals surface area contributed by atoms with Crippen LogP contribution in [0.1, 0.15) is 63.9 Å².